The molecule has 0 aliphatic heterocycles. The van der Waals surface area contributed by atoms with Gasteiger partial charge in [0.25, 0.3) is 0 Å². The SMILES string of the molecule is CC(=O)c1nnnn1-c1cccc(Br)c1. The molecule has 0 aliphatic rings. The maximum absolute atomic E-state index is 11.2. The van der Waals surface area contributed by atoms with E-state index in [1.54, 1.807) is 0 Å². The van der Waals surface area contributed by atoms with Gasteiger partial charge in [-0.25, -0.2) is 0 Å². The summed E-state index contributed by atoms with van der Waals surface area (Å²) in [5, 5.41) is 10.9. The van der Waals surface area contributed by atoms with Crippen LogP contribution in [0.2, 0.25) is 0 Å². The Kier molecular flexibility index (Phi) is 2.59. The predicted molar refractivity (Wildman–Crippen MR) is 56.9 cm³/mol. The monoisotopic (exact) mass is 266 g/mol. The Bertz CT molecular complexity index is 508. The largest absolute Gasteiger partial charge is 0.291 e. The van der Waals surface area contributed by atoms with Gasteiger partial charge in [0.1, 0.15) is 0 Å². The van der Waals surface area contributed by atoms with Crippen LogP contribution in [-0.2, 0) is 0 Å². The summed E-state index contributed by atoms with van der Waals surface area (Å²) in [5.74, 6) is 0.0630. The number of benzene rings is 1. The molecule has 0 spiro atoms. The van der Waals surface area contributed by atoms with Crippen molar-refractivity contribution in [2.45, 2.75) is 6.92 Å². The van der Waals surface area contributed by atoms with Crippen molar-refractivity contribution in [1.82, 2.24) is 20.2 Å². The number of hydrogen-bond donors (Lipinski definition) is 0. The Hall–Kier alpha value is -1.56. The van der Waals surface area contributed by atoms with Gasteiger partial charge in [-0.3, -0.25) is 4.79 Å². The zero-order valence-corrected chi connectivity index (χ0v) is 9.47. The number of Topliss-reactive ketones (excluding diaryl/α,β-unsaturated/α-hetero) is 1. The Morgan fingerprint density at radius 2 is 2.27 bits per heavy atom. The highest BCUT2D eigenvalue weighted by molar-refractivity contribution is 9.10. The van der Waals surface area contributed by atoms with Gasteiger partial charge in [-0.15, -0.1) is 5.10 Å². The van der Waals surface area contributed by atoms with Crippen LogP contribution in [-0.4, -0.2) is 26.0 Å². The quantitative estimate of drug-likeness (QED) is 0.776. The van der Waals surface area contributed by atoms with E-state index in [0.717, 1.165) is 10.2 Å². The summed E-state index contributed by atoms with van der Waals surface area (Å²) in [5.41, 5.74) is 0.750. The molecule has 15 heavy (non-hydrogen) atoms. The topological polar surface area (TPSA) is 60.7 Å². The Morgan fingerprint density at radius 3 is 2.93 bits per heavy atom. The highest BCUT2D eigenvalue weighted by Gasteiger charge is 2.12. The molecule has 0 aliphatic carbocycles. The molecule has 0 N–H and O–H groups in total. The molecule has 0 saturated carbocycles. The molecule has 0 fully saturated rings. The van der Waals surface area contributed by atoms with Gasteiger partial charge < -0.3 is 0 Å². The maximum Gasteiger partial charge on any atom is 0.222 e. The summed E-state index contributed by atoms with van der Waals surface area (Å²) in [6.07, 6.45) is 0. The summed E-state index contributed by atoms with van der Waals surface area (Å²) in [4.78, 5) is 11.2. The number of halogens is 1. The summed E-state index contributed by atoms with van der Waals surface area (Å²) in [6, 6.07) is 7.41. The number of carbonyl (C=O) groups excluding carboxylic acids is 1. The predicted octanol–water partition coefficient (Wildman–Crippen LogP) is 1.63. The molecule has 0 unspecified atom stereocenters. The van der Waals surface area contributed by atoms with Crippen molar-refractivity contribution in [3.63, 3.8) is 0 Å². The van der Waals surface area contributed by atoms with Gasteiger partial charge in [-0.2, -0.15) is 4.68 Å². The van der Waals surface area contributed by atoms with E-state index >= 15 is 0 Å². The van der Waals surface area contributed by atoms with Crippen LogP contribution in [0.15, 0.2) is 28.7 Å². The first-order valence-corrected chi connectivity index (χ1v) is 5.03. The number of rotatable bonds is 2. The average Bonchev–Trinajstić information content (AvgIpc) is 2.65. The third-order valence-corrected chi connectivity index (χ3v) is 2.33. The van der Waals surface area contributed by atoms with Crippen molar-refractivity contribution >= 4 is 21.7 Å². The van der Waals surface area contributed by atoms with Crippen LogP contribution in [0.25, 0.3) is 5.69 Å². The highest BCUT2D eigenvalue weighted by Crippen LogP contribution is 2.15. The Labute approximate surface area is 94.2 Å². The third-order valence-electron chi connectivity index (χ3n) is 1.84. The lowest BCUT2D eigenvalue weighted by Crippen LogP contribution is -2.07. The smallest absolute Gasteiger partial charge is 0.222 e. The molecule has 0 bridgehead atoms. The molecule has 76 valence electrons. The summed E-state index contributed by atoms with van der Waals surface area (Å²) in [7, 11) is 0. The second kappa shape index (κ2) is 3.90. The Balaban J connectivity index is 2.54. The minimum absolute atomic E-state index is 0.167. The molecule has 1 heterocycles. The van der Waals surface area contributed by atoms with E-state index in [-0.39, 0.29) is 11.6 Å². The molecule has 0 amide bonds. The van der Waals surface area contributed by atoms with E-state index < -0.39 is 0 Å². The third kappa shape index (κ3) is 1.94. The zero-order valence-electron chi connectivity index (χ0n) is 7.88. The summed E-state index contributed by atoms with van der Waals surface area (Å²) < 4.78 is 2.32. The van der Waals surface area contributed by atoms with Crippen LogP contribution in [0.5, 0.6) is 0 Å². The summed E-state index contributed by atoms with van der Waals surface area (Å²) in [6.45, 7) is 1.43. The summed E-state index contributed by atoms with van der Waals surface area (Å²) >= 11 is 3.34. The van der Waals surface area contributed by atoms with Crippen LogP contribution in [0, 0.1) is 0 Å². The van der Waals surface area contributed by atoms with Crippen LogP contribution in [0.3, 0.4) is 0 Å². The molecular weight excluding hydrogens is 260 g/mol. The lowest BCUT2D eigenvalue weighted by molar-refractivity contribution is 0.100. The maximum atomic E-state index is 11.2. The first-order valence-electron chi connectivity index (χ1n) is 4.24. The van der Waals surface area contributed by atoms with E-state index in [2.05, 4.69) is 31.5 Å². The molecule has 0 radical (unpaired) electrons. The van der Waals surface area contributed by atoms with Gasteiger partial charge in [0.15, 0.2) is 5.78 Å². The van der Waals surface area contributed by atoms with E-state index in [1.807, 2.05) is 24.3 Å². The van der Waals surface area contributed by atoms with Crippen molar-refractivity contribution in [2.75, 3.05) is 0 Å². The fourth-order valence-electron chi connectivity index (χ4n) is 1.19. The van der Waals surface area contributed by atoms with Crippen molar-refractivity contribution in [1.29, 1.82) is 0 Å². The molecule has 6 heteroatoms. The lowest BCUT2D eigenvalue weighted by atomic mass is 10.3. The van der Waals surface area contributed by atoms with E-state index in [4.69, 9.17) is 0 Å². The highest BCUT2D eigenvalue weighted by atomic mass is 79.9. The molecule has 1 aromatic heterocycles. The Morgan fingerprint density at radius 1 is 1.47 bits per heavy atom. The minimum atomic E-state index is -0.167. The molecular formula is C9H7BrN4O. The van der Waals surface area contributed by atoms with Gasteiger partial charge in [-0.1, -0.05) is 22.0 Å². The number of tetrazole rings is 1. The normalized spacial score (nSPS) is 10.3. The van der Waals surface area contributed by atoms with Gasteiger partial charge in [0, 0.05) is 11.4 Å². The van der Waals surface area contributed by atoms with E-state index in [9.17, 15) is 4.79 Å². The van der Waals surface area contributed by atoms with Crippen molar-refractivity contribution in [3.05, 3.63) is 34.6 Å². The van der Waals surface area contributed by atoms with E-state index in [0.29, 0.717) is 0 Å². The number of nitrogens with zero attached hydrogens (tertiary/aromatic N) is 4. The second-order valence-electron chi connectivity index (χ2n) is 2.95. The van der Waals surface area contributed by atoms with E-state index in [1.165, 1.54) is 11.6 Å². The molecule has 0 saturated heterocycles. The van der Waals surface area contributed by atoms with Crippen LogP contribution in [0.4, 0.5) is 0 Å². The number of aromatic nitrogens is 4. The number of hydrogen-bond acceptors (Lipinski definition) is 4. The van der Waals surface area contributed by atoms with Gasteiger partial charge in [-0.05, 0) is 28.6 Å². The van der Waals surface area contributed by atoms with Crippen LogP contribution in [0.1, 0.15) is 17.5 Å². The first kappa shape index (κ1) is 9.97. The van der Waals surface area contributed by atoms with Crippen molar-refractivity contribution < 1.29 is 4.79 Å². The van der Waals surface area contributed by atoms with Gasteiger partial charge in [0.05, 0.1) is 5.69 Å². The standard InChI is InChI=1S/C9H7BrN4O/c1-6(15)9-11-12-13-14(9)8-4-2-3-7(10)5-8/h2-5H,1H3. The lowest BCUT2D eigenvalue weighted by Gasteiger charge is -2.01. The van der Waals surface area contributed by atoms with Gasteiger partial charge >= 0.3 is 0 Å². The molecule has 2 rings (SSSR count). The molecule has 1 aromatic carbocycles. The average molecular weight is 267 g/mol. The van der Waals surface area contributed by atoms with Crippen molar-refractivity contribution in [2.24, 2.45) is 0 Å². The van der Waals surface area contributed by atoms with Gasteiger partial charge in [0.2, 0.25) is 5.82 Å². The van der Waals surface area contributed by atoms with Crippen LogP contribution < -0.4 is 0 Å². The van der Waals surface area contributed by atoms with Crippen LogP contribution >= 0.6 is 15.9 Å². The molecule has 5 nitrogen and oxygen atoms in total. The molecule has 2 aromatic rings. The molecule has 0 atom stereocenters. The zero-order chi connectivity index (χ0) is 10.8. The number of carbonyl (C=O) groups is 1. The minimum Gasteiger partial charge on any atom is -0.291 e. The fraction of sp³-hybridized carbons (Fsp3) is 0.111. The second-order valence-corrected chi connectivity index (χ2v) is 3.87. The number of ketones is 1. The first-order chi connectivity index (χ1) is 7.18. The van der Waals surface area contributed by atoms with Crippen molar-refractivity contribution in [3.8, 4) is 5.69 Å². The fourth-order valence-corrected chi connectivity index (χ4v) is 1.58.